The lowest BCUT2D eigenvalue weighted by molar-refractivity contribution is -0.143. The van der Waals surface area contributed by atoms with Crippen molar-refractivity contribution in [3.63, 3.8) is 0 Å². The number of aliphatic carboxylic acids is 2. The Morgan fingerprint density at radius 2 is 1.42 bits per heavy atom. The fourth-order valence-electron chi connectivity index (χ4n) is 0.918. The van der Waals surface area contributed by atoms with Crippen LogP contribution in [0, 0.1) is 12.8 Å². The number of ether oxygens (including phenoxy) is 1. The molecule has 0 aliphatic heterocycles. The minimum absolute atomic E-state index is 0.296. The predicted octanol–water partition coefficient (Wildman–Crippen LogP) is 2.15. The topological polar surface area (TPSA) is 127 Å². The maximum absolute atomic E-state index is 9.76. The lowest BCUT2D eigenvalue weighted by atomic mass is 10.2. The molecular weight excluding hydrogens is 314 g/mol. The summed E-state index contributed by atoms with van der Waals surface area (Å²) in [6.07, 6.45) is 7.41. The monoisotopic (exact) mass is 341 g/mol. The first kappa shape index (κ1) is 29.2. The molecule has 0 heterocycles. The van der Waals surface area contributed by atoms with Crippen LogP contribution < -0.4 is 5.73 Å². The second kappa shape index (κ2) is 28.3. The van der Waals surface area contributed by atoms with Gasteiger partial charge in [0.1, 0.15) is 6.61 Å². The second-order valence-corrected chi connectivity index (χ2v) is 3.18. The summed E-state index contributed by atoms with van der Waals surface area (Å²) in [5.41, 5.74) is 5.51. The predicted molar refractivity (Wildman–Crippen MR) is 93.2 cm³/mol. The van der Waals surface area contributed by atoms with Gasteiger partial charge in [-0.05, 0) is 12.6 Å². The van der Waals surface area contributed by atoms with Gasteiger partial charge in [0.15, 0.2) is 0 Å². The molecule has 4 N–H and O–H groups in total. The van der Waals surface area contributed by atoms with Crippen LogP contribution >= 0.6 is 0 Å². The summed E-state index contributed by atoms with van der Waals surface area (Å²) in [5.74, 6) is -2.15. The van der Waals surface area contributed by atoms with Gasteiger partial charge in [0.25, 0.3) is 6.47 Å². The van der Waals surface area contributed by atoms with Crippen molar-refractivity contribution in [2.45, 2.75) is 33.3 Å². The standard InChI is InChI=1S/C8H8O2.C4H6O4.C2H6.C2H2.CH5N/c9-7-10-6-8-4-2-1-3-5-8;5-3(6)1-2-4(7)8;3*1-2/h1-5,7H,6H2;1-2H2,(H,5,6)(H,7,8);1-2H3;1-2H;2H2,1H3. The van der Waals surface area contributed by atoms with Crippen molar-refractivity contribution in [1.82, 2.24) is 0 Å². The largest absolute Gasteiger partial charge is 0.481 e. The van der Waals surface area contributed by atoms with Crippen LogP contribution in [0.2, 0.25) is 0 Å². The van der Waals surface area contributed by atoms with E-state index in [1.807, 2.05) is 44.2 Å². The number of hydrogen-bond acceptors (Lipinski definition) is 5. The third-order valence-electron chi connectivity index (χ3n) is 1.71. The Morgan fingerprint density at radius 1 is 1.04 bits per heavy atom. The Bertz CT molecular complexity index is 404. The van der Waals surface area contributed by atoms with Gasteiger partial charge in [-0.2, -0.15) is 0 Å². The number of carbonyl (C=O) groups is 3. The van der Waals surface area contributed by atoms with Crippen LogP contribution in [0.5, 0.6) is 0 Å². The van der Waals surface area contributed by atoms with Crippen molar-refractivity contribution < 1.29 is 29.3 Å². The highest BCUT2D eigenvalue weighted by Gasteiger charge is 2.00. The van der Waals surface area contributed by atoms with E-state index in [0.717, 1.165) is 5.56 Å². The average molecular weight is 341 g/mol. The Hall–Kier alpha value is -2.85. The number of carboxylic acid groups (broad SMARTS) is 2. The van der Waals surface area contributed by atoms with E-state index in [1.165, 1.54) is 7.05 Å². The molecule has 7 heteroatoms. The summed E-state index contributed by atoms with van der Waals surface area (Å²) in [7, 11) is 1.50. The van der Waals surface area contributed by atoms with Gasteiger partial charge in [-0.1, -0.05) is 44.2 Å². The van der Waals surface area contributed by atoms with E-state index in [0.29, 0.717) is 13.1 Å². The van der Waals surface area contributed by atoms with Crippen molar-refractivity contribution in [2.75, 3.05) is 7.05 Å². The lowest BCUT2D eigenvalue weighted by Gasteiger charge is -1.95. The molecule has 0 unspecified atom stereocenters. The third-order valence-corrected chi connectivity index (χ3v) is 1.71. The van der Waals surface area contributed by atoms with E-state index in [9.17, 15) is 14.4 Å². The number of hydrogen-bond donors (Lipinski definition) is 3. The minimum Gasteiger partial charge on any atom is -0.481 e. The van der Waals surface area contributed by atoms with Crippen molar-refractivity contribution in [3.05, 3.63) is 35.9 Å². The lowest BCUT2D eigenvalue weighted by Crippen LogP contribution is -2.00. The normalized spacial score (nSPS) is 7.08. The molecular formula is C17H27NO6. The number of carboxylic acids is 2. The molecule has 136 valence electrons. The van der Waals surface area contributed by atoms with Crippen molar-refractivity contribution >= 4 is 18.4 Å². The van der Waals surface area contributed by atoms with Crippen LogP contribution in [-0.2, 0) is 25.7 Å². The molecule has 0 amide bonds. The molecule has 7 nitrogen and oxygen atoms in total. The van der Waals surface area contributed by atoms with Gasteiger partial charge >= 0.3 is 11.9 Å². The molecule has 0 aromatic heterocycles. The Labute approximate surface area is 143 Å². The van der Waals surface area contributed by atoms with E-state index in [-0.39, 0.29) is 12.8 Å². The molecule has 0 saturated carbocycles. The van der Waals surface area contributed by atoms with Gasteiger partial charge < -0.3 is 20.7 Å². The number of carbonyl (C=O) groups excluding carboxylic acids is 1. The van der Waals surface area contributed by atoms with Gasteiger partial charge in [-0.15, -0.1) is 12.8 Å². The fourth-order valence-corrected chi connectivity index (χ4v) is 0.918. The molecule has 0 aliphatic carbocycles. The molecule has 24 heavy (non-hydrogen) atoms. The van der Waals surface area contributed by atoms with Crippen LogP contribution in [0.4, 0.5) is 0 Å². The number of benzene rings is 1. The maximum atomic E-state index is 9.76. The van der Waals surface area contributed by atoms with E-state index in [1.54, 1.807) is 0 Å². The van der Waals surface area contributed by atoms with E-state index in [2.05, 4.69) is 23.3 Å². The summed E-state index contributed by atoms with van der Waals surface area (Å²) in [4.78, 5) is 29.0. The average Bonchev–Trinajstić information content (AvgIpc) is 2.64. The van der Waals surface area contributed by atoms with Gasteiger partial charge in [0.2, 0.25) is 0 Å². The van der Waals surface area contributed by atoms with E-state index >= 15 is 0 Å². The van der Waals surface area contributed by atoms with E-state index in [4.69, 9.17) is 10.2 Å². The second-order valence-electron chi connectivity index (χ2n) is 3.18. The highest BCUT2D eigenvalue weighted by atomic mass is 16.5. The van der Waals surface area contributed by atoms with Gasteiger partial charge in [-0.3, -0.25) is 14.4 Å². The number of nitrogens with two attached hydrogens (primary N) is 1. The van der Waals surface area contributed by atoms with Crippen molar-refractivity contribution in [1.29, 1.82) is 0 Å². The molecule has 0 radical (unpaired) electrons. The zero-order valence-electron chi connectivity index (χ0n) is 14.3. The molecule has 0 atom stereocenters. The van der Waals surface area contributed by atoms with Crippen LogP contribution in [0.1, 0.15) is 32.3 Å². The summed E-state index contributed by atoms with van der Waals surface area (Å²) in [6, 6.07) is 9.55. The zero-order valence-corrected chi connectivity index (χ0v) is 14.3. The molecule has 1 rings (SSSR count). The summed E-state index contributed by atoms with van der Waals surface area (Å²) in [5, 5.41) is 15.8. The molecule has 0 spiro atoms. The Morgan fingerprint density at radius 3 is 1.71 bits per heavy atom. The van der Waals surface area contributed by atoms with Crippen molar-refractivity contribution in [3.8, 4) is 12.8 Å². The molecule has 0 saturated heterocycles. The highest BCUT2D eigenvalue weighted by Crippen LogP contribution is 1.98. The Balaban J connectivity index is -0.000000129. The maximum Gasteiger partial charge on any atom is 0.303 e. The quantitative estimate of drug-likeness (QED) is 0.534. The van der Waals surface area contributed by atoms with Crippen LogP contribution in [0.15, 0.2) is 30.3 Å². The summed E-state index contributed by atoms with van der Waals surface area (Å²) >= 11 is 0. The Kier molecular flexibility index (Phi) is 34.5. The molecule has 0 bridgehead atoms. The SMILES string of the molecule is C#C.CC.CN.O=C(O)CCC(=O)O.O=COCc1ccccc1. The molecule has 1 aromatic rings. The van der Waals surface area contributed by atoms with Gasteiger partial charge in [0, 0.05) is 0 Å². The molecule has 0 fully saturated rings. The van der Waals surface area contributed by atoms with Crippen molar-refractivity contribution in [2.24, 2.45) is 5.73 Å². The third kappa shape index (κ3) is 31.5. The smallest absolute Gasteiger partial charge is 0.303 e. The number of terminal acetylenes is 1. The first-order valence-corrected chi connectivity index (χ1v) is 7.00. The molecule has 0 aliphatic rings. The summed E-state index contributed by atoms with van der Waals surface area (Å²) in [6.45, 7) is 4.82. The highest BCUT2D eigenvalue weighted by molar-refractivity contribution is 5.75. The van der Waals surface area contributed by atoms with Crippen LogP contribution in [0.3, 0.4) is 0 Å². The first-order chi connectivity index (χ1) is 11.6. The molecule has 1 aromatic carbocycles. The number of rotatable bonds is 6. The van der Waals surface area contributed by atoms with E-state index < -0.39 is 11.9 Å². The fraction of sp³-hybridized carbons (Fsp3) is 0.353. The summed E-state index contributed by atoms with van der Waals surface area (Å²) < 4.78 is 4.54. The van der Waals surface area contributed by atoms with Gasteiger partial charge in [0.05, 0.1) is 12.8 Å². The zero-order chi connectivity index (χ0) is 19.8. The van der Waals surface area contributed by atoms with Gasteiger partial charge in [-0.25, -0.2) is 0 Å². The first-order valence-electron chi connectivity index (χ1n) is 7.00. The van der Waals surface area contributed by atoms with Crippen LogP contribution in [-0.4, -0.2) is 35.7 Å². The minimum atomic E-state index is -1.08. The van der Waals surface area contributed by atoms with Crippen LogP contribution in [0.25, 0.3) is 0 Å².